The molecule has 14 heavy (non-hydrogen) atoms. The predicted octanol–water partition coefficient (Wildman–Crippen LogP) is 1.12. The van der Waals surface area contributed by atoms with Crippen LogP contribution in [0.4, 0.5) is 0 Å². The van der Waals surface area contributed by atoms with Crippen molar-refractivity contribution in [3.63, 3.8) is 0 Å². The van der Waals surface area contributed by atoms with Crippen molar-refractivity contribution >= 4 is 5.65 Å². The maximum atomic E-state index is 11.5. The molecule has 0 aliphatic carbocycles. The molecule has 4 nitrogen and oxygen atoms in total. The van der Waals surface area contributed by atoms with Gasteiger partial charge >= 0.3 is 0 Å². The van der Waals surface area contributed by atoms with Gasteiger partial charge in [0.15, 0.2) is 0 Å². The number of aromatic nitrogens is 2. The van der Waals surface area contributed by atoms with Crippen LogP contribution in [0.15, 0.2) is 17.1 Å². The van der Waals surface area contributed by atoms with Crippen molar-refractivity contribution in [1.82, 2.24) is 9.38 Å². The number of hydrogen-bond acceptors (Lipinski definition) is 2. The molecule has 2 aromatic rings. The molecule has 0 spiro atoms. The molecule has 0 bridgehead atoms. The molecule has 0 aromatic carbocycles. The van der Waals surface area contributed by atoms with Gasteiger partial charge in [0, 0.05) is 18.0 Å². The fourth-order valence-electron chi connectivity index (χ4n) is 1.55. The van der Waals surface area contributed by atoms with Gasteiger partial charge < -0.3 is 4.98 Å². The fraction of sp³-hybridized carbons (Fsp3) is 0.200. The van der Waals surface area contributed by atoms with Crippen molar-refractivity contribution in [2.45, 2.75) is 13.8 Å². The van der Waals surface area contributed by atoms with E-state index in [2.05, 4.69) is 11.1 Å². The highest BCUT2D eigenvalue weighted by Gasteiger charge is 2.08. The highest BCUT2D eigenvalue weighted by atomic mass is 16.1. The zero-order valence-corrected chi connectivity index (χ0v) is 7.96. The number of aromatic amines is 1. The van der Waals surface area contributed by atoms with Gasteiger partial charge in [-0.1, -0.05) is 0 Å². The van der Waals surface area contributed by atoms with E-state index in [1.165, 1.54) is 10.5 Å². The van der Waals surface area contributed by atoms with Gasteiger partial charge in [-0.2, -0.15) is 5.26 Å². The monoisotopic (exact) mass is 187 g/mol. The molecular formula is C10H9N3O. The summed E-state index contributed by atoms with van der Waals surface area (Å²) in [6, 6.07) is 3.59. The third-order valence-corrected chi connectivity index (χ3v) is 2.20. The fourth-order valence-corrected chi connectivity index (χ4v) is 1.55. The molecule has 0 amide bonds. The summed E-state index contributed by atoms with van der Waals surface area (Å²) < 4.78 is 1.46. The number of H-pyrrole nitrogens is 1. The second-order valence-electron chi connectivity index (χ2n) is 3.31. The number of rotatable bonds is 0. The first kappa shape index (κ1) is 8.57. The van der Waals surface area contributed by atoms with E-state index in [9.17, 15) is 4.79 Å². The Kier molecular flexibility index (Phi) is 1.68. The minimum absolute atomic E-state index is 0.110. The number of fused-ring (bicyclic) bond motifs is 1. The van der Waals surface area contributed by atoms with Crippen LogP contribution in [0.1, 0.15) is 16.8 Å². The summed E-state index contributed by atoms with van der Waals surface area (Å²) in [7, 11) is 0. The Morgan fingerprint density at radius 2 is 2.21 bits per heavy atom. The van der Waals surface area contributed by atoms with Crippen molar-refractivity contribution < 1.29 is 0 Å². The van der Waals surface area contributed by atoms with Crippen molar-refractivity contribution in [3.8, 4) is 6.07 Å². The number of nitriles is 1. The number of nitrogens with one attached hydrogen (secondary N) is 1. The maximum Gasteiger partial charge on any atom is 0.257 e. The lowest BCUT2D eigenvalue weighted by Gasteiger charge is -1.96. The predicted molar refractivity (Wildman–Crippen MR) is 52.2 cm³/mol. The third kappa shape index (κ3) is 1.03. The van der Waals surface area contributed by atoms with Gasteiger partial charge in [0.05, 0.1) is 5.56 Å². The summed E-state index contributed by atoms with van der Waals surface area (Å²) in [5, 5.41) is 8.90. The average molecular weight is 187 g/mol. The van der Waals surface area contributed by atoms with Crippen LogP contribution in [-0.4, -0.2) is 9.38 Å². The summed E-state index contributed by atoms with van der Waals surface area (Å²) in [4.78, 5) is 14.5. The minimum Gasteiger partial charge on any atom is -0.344 e. The van der Waals surface area contributed by atoms with Crippen LogP contribution in [0, 0.1) is 25.2 Å². The molecule has 0 aliphatic rings. The molecule has 0 radical (unpaired) electrons. The van der Waals surface area contributed by atoms with E-state index in [1.54, 1.807) is 13.1 Å². The van der Waals surface area contributed by atoms with Crippen LogP contribution in [0.5, 0.6) is 0 Å². The normalized spacial score (nSPS) is 10.4. The number of nitrogens with zero attached hydrogens (tertiary/aromatic N) is 2. The standard InChI is InChI=1S/C10H9N3O/c1-6-5-13-9(14)3-7(2)12-10(13)8(6)4-11/h3,5,12H,1-2H3. The molecule has 0 saturated heterocycles. The quantitative estimate of drug-likeness (QED) is 0.671. The summed E-state index contributed by atoms with van der Waals surface area (Å²) in [6.07, 6.45) is 1.67. The molecule has 2 heterocycles. The highest BCUT2D eigenvalue weighted by molar-refractivity contribution is 5.60. The topological polar surface area (TPSA) is 61.1 Å². The lowest BCUT2D eigenvalue weighted by atomic mass is 10.2. The minimum atomic E-state index is -0.110. The smallest absolute Gasteiger partial charge is 0.257 e. The van der Waals surface area contributed by atoms with Crippen molar-refractivity contribution in [2.24, 2.45) is 0 Å². The molecule has 0 unspecified atom stereocenters. The van der Waals surface area contributed by atoms with Crippen LogP contribution >= 0.6 is 0 Å². The molecule has 0 aliphatic heterocycles. The van der Waals surface area contributed by atoms with E-state index in [1.807, 2.05) is 6.92 Å². The van der Waals surface area contributed by atoms with E-state index < -0.39 is 0 Å². The summed E-state index contributed by atoms with van der Waals surface area (Å²) in [5.41, 5.74) is 2.57. The van der Waals surface area contributed by atoms with Crippen LogP contribution in [-0.2, 0) is 0 Å². The van der Waals surface area contributed by atoms with E-state index in [0.717, 1.165) is 11.3 Å². The molecule has 70 valence electrons. The largest absolute Gasteiger partial charge is 0.344 e. The van der Waals surface area contributed by atoms with Gasteiger partial charge in [-0.05, 0) is 19.4 Å². The Morgan fingerprint density at radius 1 is 1.50 bits per heavy atom. The van der Waals surface area contributed by atoms with E-state index in [-0.39, 0.29) is 5.56 Å². The molecule has 4 heteroatoms. The molecule has 2 aromatic heterocycles. The highest BCUT2D eigenvalue weighted by Crippen LogP contribution is 2.12. The van der Waals surface area contributed by atoms with Crippen molar-refractivity contribution in [3.05, 3.63) is 39.4 Å². The van der Waals surface area contributed by atoms with Gasteiger partial charge in [0.25, 0.3) is 5.56 Å². The average Bonchev–Trinajstić information content (AvgIpc) is 2.41. The molecule has 0 saturated carbocycles. The van der Waals surface area contributed by atoms with Gasteiger partial charge in [-0.25, -0.2) is 0 Å². The Morgan fingerprint density at radius 3 is 2.86 bits per heavy atom. The lowest BCUT2D eigenvalue weighted by Crippen LogP contribution is -2.12. The van der Waals surface area contributed by atoms with Gasteiger partial charge in [0.1, 0.15) is 11.7 Å². The second kappa shape index (κ2) is 2.74. The Balaban J connectivity index is 3.04. The van der Waals surface area contributed by atoms with Gasteiger partial charge in [-0.3, -0.25) is 9.20 Å². The number of aryl methyl sites for hydroxylation is 2. The molecule has 2 rings (SSSR count). The first-order valence-corrected chi connectivity index (χ1v) is 4.25. The van der Waals surface area contributed by atoms with E-state index in [0.29, 0.717) is 11.2 Å². The SMILES string of the molecule is Cc1cc(=O)n2cc(C)c(C#N)c2[nH]1. The molecule has 0 atom stereocenters. The first-order valence-electron chi connectivity index (χ1n) is 4.25. The lowest BCUT2D eigenvalue weighted by molar-refractivity contribution is 1.04. The number of hydrogen-bond donors (Lipinski definition) is 1. The summed E-state index contributed by atoms with van der Waals surface area (Å²) in [6.45, 7) is 3.61. The van der Waals surface area contributed by atoms with Gasteiger partial charge in [0.2, 0.25) is 0 Å². The third-order valence-electron chi connectivity index (χ3n) is 2.20. The summed E-state index contributed by atoms with van der Waals surface area (Å²) >= 11 is 0. The summed E-state index contributed by atoms with van der Waals surface area (Å²) in [5.74, 6) is 0. The maximum absolute atomic E-state index is 11.5. The molecular weight excluding hydrogens is 178 g/mol. The van der Waals surface area contributed by atoms with Crippen molar-refractivity contribution in [2.75, 3.05) is 0 Å². The van der Waals surface area contributed by atoms with Crippen LogP contribution < -0.4 is 5.56 Å². The Labute approximate surface area is 80.4 Å². The van der Waals surface area contributed by atoms with Crippen molar-refractivity contribution in [1.29, 1.82) is 5.26 Å². The Hall–Kier alpha value is -2.02. The Bertz CT molecular complexity index is 598. The van der Waals surface area contributed by atoms with E-state index in [4.69, 9.17) is 5.26 Å². The first-order chi connectivity index (χ1) is 6.63. The van der Waals surface area contributed by atoms with Crippen LogP contribution in [0.25, 0.3) is 5.65 Å². The van der Waals surface area contributed by atoms with Gasteiger partial charge in [-0.15, -0.1) is 0 Å². The zero-order chi connectivity index (χ0) is 10.3. The van der Waals surface area contributed by atoms with E-state index >= 15 is 0 Å². The van der Waals surface area contributed by atoms with Crippen LogP contribution in [0.3, 0.4) is 0 Å². The molecule has 0 fully saturated rings. The van der Waals surface area contributed by atoms with Crippen LogP contribution in [0.2, 0.25) is 0 Å². The second-order valence-corrected chi connectivity index (χ2v) is 3.31. The molecule has 1 N–H and O–H groups in total. The zero-order valence-electron chi connectivity index (χ0n) is 7.96.